The van der Waals surface area contributed by atoms with E-state index in [1.54, 1.807) is 6.07 Å². The van der Waals surface area contributed by atoms with Crippen molar-refractivity contribution in [2.24, 2.45) is 5.92 Å². The fourth-order valence-electron chi connectivity index (χ4n) is 1.40. The molecular formula is C8H7Cl2N3O2. The SMILES string of the molecule is O=C(O)C1CN(c2cc(Cl)nnc2Cl)C1. The maximum Gasteiger partial charge on any atom is 0.310 e. The number of hydrogen-bond acceptors (Lipinski definition) is 4. The van der Waals surface area contributed by atoms with Crippen LogP contribution in [0, 0.1) is 5.92 Å². The molecule has 1 N–H and O–H groups in total. The Morgan fingerprint density at radius 1 is 1.47 bits per heavy atom. The molecule has 5 nitrogen and oxygen atoms in total. The van der Waals surface area contributed by atoms with Gasteiger partial charge in [-0.05, 0) is 0 Å². The van der Waals surface area contributed by atoms with Crippen molar-refractivity contribution in [3.05, 3.63) is 16.4 Å². The summed E-state index contributed by atoms with van der Waals surface area (Å²) in [7, 11) is 0. The van der Waals surface area contributed by atoms with E-state index < -0.39 is 5.97 Å². The average Bonchev–Trinajstić information content (AvgIpc) is 2.08. The Morgan fingerprint density at radius 3 is 2.73 bits per heavy atom. The van der Waals surface area contributed by atoms with E-state index in [1.165, 1.54) is 0 Å². The lowest BCUT2D eigenvalue weighted by Gasteiger charge is -2.38. The Kier molecular flexibility index (Phi) is 2.67. The summed E-state index contributed by atoms with van der Waals surface area (Å²) in [6.45, 7) is 0.855. The smallest absolute Gasteiger partial charge is 0.310 e. The predicted molar refractivity (Wildman–Crippen MR) is 55.4 cm³/mol. The Labute approximate surface area is 95.6 Å². The number of carboxylic acids is 1. The number of nitrogens with zero attached hydrogens (tertiary/aromatic N) is 3. The fourth-order valence-corrected chi connectivity index (χ4v) is 1.75. The largest absolute Gasteiger partial charge is 0.481 e. The first-order valence-corrected chi connectivity index (χ1v) is 5.00. The molecule has 1 aliphatic heterocycles. The van der Waals surface area contributed by atoms with Crippen molar-refractivity contribution < 1.29 is 9.90 Å². The van der Waals surface area contributed by atoms with Gasteiger partial charge in [-0.3, -0.25) is 4.79 Å². The summed E-state index contributed by atoms with van der Waals surface area (Å²) < 4.78 is 0. The lowest BCUT2D eigenvalue weighted by atomic mass is 10.0. The summed E-state index contributed by atoms with van der Waals surface area (Å²) in [5.74, 6) is -1.14. The van der Waals surface area contributed by atoms with Crippen LogP contribution >= 0.6 is 23.2 Å². The van der Waals surface area contributed by atoms with Crippen LogP contribution in [0.4, 0.5) is 5.69 Å². The Bertz CT molecular complexity index is 407. The van der Waals surface area contributed by atoms with Crippen LogP contribution in [0.15, 0.2) is 6.07 Å². The zero-order chi connectivity index (χ0) is 11.0. The van der Waals surface area contributed by atoms with Crippen LogP contribution in [0.5, 0.6) is 0 Å². The van der Waals surface area contributed by atoms with E-state index >= 15 is 0 Å². The van der Waals surface area contributed by atoms with Gasteiger partial charge in [0.05, 0.1) is 11.6 Å². The average molecular weight is 248 g/mol. The molecule has 0 aliphatic carbocycles. The highest BCUT2D eigenvalue weighted by molar-refractivity contribution is 6.33. The fraction of sp³-hybridized carbons (Fsp3) is 0.375. The topological polar surface area (TPSA) is 66.3 Å². The first-order valence-electron chi connectivity index (χ1n) is 4.24. The summed E-state index contributed by atoms with van der Waals surface area (Å²) >= 11 is 11.5. The minimum absolute atomic E-state index is 0.239. The number of rotatable bonds is 2. The molecule has 1 aliphatic rings. The molecule has 1 aromatic rings. The summed E-state index contributed by atoms with van der Waals surface area (Å²) in [4.78, 5) is 12.4. The summed E-state index contributed by atoms with van der Waals surface area (Å²) in [6.07, 6.45) is 0. The van der Waals surface area contributed by atoms with Crippen LogP contribution in [0.25, 0.3) is 0 Å². The Morgan fingerprint density at radius 2 is 2.13 bits per heavy atom. The third-order valence-corrected chi connectivity index (χ3v) is 2.73. The van der Waals surface area contributed by atoms with Gasteiger partial charge in [0.1, 0.15) is 0 Å². The van der Waals surface area contributed by atoms with Crippen LogP contribution in [-0.4, -0.2) is 34.4 Å². The third-order valence-electron chi connectivity index (χ3n) is 2.27. The molecule has 0 aromatic carbocycles. The molecule has 80 valence electrons. The second-order valence-corrected chi connectivity index (χ2v) is 4.03. The molecule has 0 bridgehead atoms. The van der Waals surface area contributed by atoms with Crippen molar-refractivity contribution in [3.8, 4) is 0 Å². The van der Waals surface area contributed by atoms with Crippen molar-refractivity contribution in [3.63, 3.8) is 0 Å². The van der Waals surface area contributed by atoms with Crippen molar-refractivity contribution in [1.82, 2.24) is 10.2 Å². The predicted octanol–water partition coefficient (Wildman–Crippen LogP) is 1.30. The van der Waals surface area contributed by atoms with Gasteiger partial charge < -0.3 is 10.0 Å². The van der Waals surface area contributed by atoms with Crippen LogP contribution in [0.1, 0.15) is 0 Å². The maximum absolute atomic E-state index is 10.6. The quantitative estimate of drug-likeness (QED) is 0.854. The van der Waals surface area contributed by atoms with Gasteiger partial charge in [-0.1, -0.05) is 23.2 Å². The van der Waals surface area contributed by atoms with E-state index in [0.29, 0.717) is 18.8 Å². The first-order chi connectivity index (χ1) is 7.08. The molecule has 1 saturated heterocycles. The number of carboxylic acid groups (broad SMARTS) is 1. The van der Waals surface area contributed by atoms with Crippen molar-refractivity contribution in [2.75, 3.05) is 18.0 Å². The molecule has 7 heteroatoms. The minimum atomic E-state index is -0.796. The lowest BCUT2D eigenvalue weighted by Crippen LogP contribution is -2.50. The van der Waals surface area contributed by atoms with Crippen molar-refractivity contribution in [2.45, 2.75) is 0 Å². The summed E-state index contributed by atoms with van der Waals surface area (Å²) in [6, 6.07) is 1.58. The molecule has 2 heterocycles. The number of carbonyl (C=O) groups is 1. The van der Waals surface area contributed by atoms with Gasteiger partial charge in [0.25, 0.3) is 0 Å². The third kappa shape index (κ3) is 1.98. The van der Waals surface area contributed by atoms with Gasteiger partial charge in [-0.2, -0.15) is 0 Å². The monoisotopic (exact) mass is 247 g/mol. The van der Waals surface area contributed by atoms with Crippen molar-refractivity contribution in [1.29, 1.82) is 0 Å². The zero-order valence-electron chi connectivity index (χ0n) is 7.52. The summed E-state index contributed by atoms with van der Waals surface area (Å²) in [5.41, 5.74) is 0.633. The number of hydrogen-bond donors (Lipinski definition) is 1. The highest BCUT2D eigenvalue weighted by Gasteiger charge is 2.34. The van der Waals surface area contributed by atoms with Gasteiger partial charge in [0.2, 0.25) is 0 Å². The van der Waals surface area contributed by atoms with Crippen LogP contribution in [0.3, 0.4) is 0 Å². The second-order valence-electron chi connectivity index (χ2n) is 3.28. The van der Waals surface area contributed by atoms with Gasteiger partial charge in [0, 0.05) is 19.2 Å². The molecule has 0 amide bonds. The number of anilines is 1. The van der Waals surface area contributed by atoms with E-state index in [9.17, 15) is 4.79 Å². The number of aromatic nitrogens is 2. The molecule has 15 heavy (non-hydrogen) atoms. The van der Waals surface area contributed by atoms with E-state index in [1.807, 2.05) is 4.90 Å². The standard InChI is InChI=1S/C8H7Cl2N3O2/c9-6-1-5(7(10)12-11-6)13-2-4(3-13)8(14)15/h1,4H,2-3H2,(H,14,15). The number of halogens is 2. The molecule has 0 saturated carbocycles. The number of aliphatic carboxylic acids is 1. The summed E-state index contributed by atoms with van der Waals surface area (Å²) in [5, 5.41) is 16.4. The highest BCUT2D eigenvalue weighted by atomic mass is 35.5. The molecule has 0 unspecified atom stereocenters. The lowest BCUT2D eigenvalue weighted by molar-refractivity contribution is -0.142. The molecule has 0 atom stereocenters. The molecule has 0 radical (unpaired) electrons. The Hall–Kier alpha value is -1.07. The van der Waals surface area contributed by atoms with E-state index in [2.05, 4.69) is 10.2 Å². The van der Waals surface area contributed by atoms with Gasteiger partial charge in [-0.25, -0.2) is 0 Å². The first kappa shape index (κ1) is 10.4. The van der Waals surface area contributed by atoms with Crippen LogP contribution in [0.2, 0.25) is 10.3 Å². The van der Waals surface area contributed by atoms with Gasteiger partial charge in [-0.15, -0.1) is 10.2 Å². The van der Waals surface area contributed by atoms with Gasteiger partial charge >= 0.3 is 5.97 Å². The van der Waals surface area contributed by atoms with E-state index in [-0.39, 0.29) is 16.2 Å². The molecule has 1 aromatic heterocycles. The van der Waals surface area contributed by atoms with Gasteiger partial charge in [0.15, 0.2) is 10.3 Å². The molecule has 1 fully saturated rings. The highest BCUT2D eigenvalue weighted by Crippen LogP contribution is 2.30. The minimum Gasteiger partial charge on any atom is -0.481 e. The zero-order valence-corrected chi connectivity index (χ0v) is 9.03. The van der Waals surface area contributed by atoms with E-state index in [0.717, 1.165) is 0 Å². The molecule has 0 spiro atoms. The Balaban J connectivity index is 2.12. The van der Waals surface area contributed by atoms with Crippen LogP contribution < -0.4 is 4.90 Å². The normalized spacial score (nSPS) is 16.3. The maximum atomic E-state index is 10.6. The molecule has 2 rings (SSSR count). The second kappa shape index (κ2) is 3.83. The van der Waals surface area contributed by atoms with E-state index in [4.69, 9.17) is 28.3 Å². The van der Waals surface area contributed by atoms with Crippen molar-refractivity contribution >= 4 is 34.9 Å². The van der Waals surface area contributed by atoms with Crippen LogP contribution in [-0.2, 0) is 4.79 Å². The molecular weight excluding hydrogens is 241 g/mol.